The molecular formula is C15H22N2O2. The molecule has 0 unspecified atom stereocenters. The zero-order valence-electron chi connectivity index (χ0n) is 11.8. The molecule has 2 N–H and O–H groups in total. The predicted molar refractivity (Wildman–Crippen MR) is 76.4 cm³/mol. The fourth-order valence-electron chi connectivity index (χ4n) is 2.13. The summed E-state index contributed by atoms with van der Waals surface area (Å²) in [4.78, 5) is 12.2. The molecular weight excluding hydrogens is 240 g/mol. The number of hydrogen-bond acceptors (Lipinski definition) is 3. The Labute approximate surface area is 114 Å². The lowest BCUT2D eigenvalue weighted by atomic mass is 10.1. The van der Waals surface area contributed by atoms with Gasteiger partial charge in [0.05, 0.1) is 11.5 Å². The van der Waals surface area contributed by atoms with Gasteiger partial charge >= 0.3 is 0 Å². The Bertz CT molecular complexity index is 436. The lowest BCUT2D eigenvalue weighted by Gasteiger charge is -2.15. The van der Waals surface area contributed by atoms with Gasteiger partial charge in [0.25, 0.3) is 0 Å². The second-order valence-corrected chi connectivity index (χ2v) is 5.46. The molecule has 1 aromatic carbocycles. The summed E-state index contributed by atoms with van der Waals surface area (Å²) in [5, 5.41) is 6.06. The molecule has 0 atom stereocenters. The normalized spacial score (nSPS) is 16.2. The first-order chi connectivity index (χ1) is 9.05. The van der Waals surface area contributed by atoms with Gasteiger partial charge in [-0.1, -0.05) is 0 Å². The van der Waals surface area contributed by atoms with E-state index >= 15 is 0 Å². The lowest BCUT2D eigenvalue weighted by Crippen LogP contribution is -2.32. The number of benzene rings is 1. The highest BCUT2D eigenvalue weighted by atomic mass is 16.5. The van der Waals surface area contributed by atoms with Gasteiger partial charge in [-0.2, -0.15) is 0 Å². The van der Waals surface area contributed by atoms with Gasteiger partial charge in [-0.15, -0.1) is 0 Å². The zero-order chi connectivity index (χ0) is 13.9. The third kappa shape index (κ3) is 3.47. The van der Waals surface area contributed by atoms with E-state index in [-0.39, 0.29) is 17.4 Å². The summed E-state index contributed by atoms with van der Waals surface area (Å²) >= 11 is 0. The van der Waals surface area contributed by atoms with Crippen LogP contribution in [0.4, 0.5) is 5.69 Å². The Kier molecular flexibility index (Phi) is 4.10. The van der Waals surface area contributed by atoms with Gasteiger partial charge in [-0.05, 0) is 58.0 Å². The van der Waals surface area contributed by atoms with Crippen LogP contribution in [0.25, 0.3) is 0 Å². The standard InChI is InChI=1S/C15H22N2O2/c1-11(2)19-13-6-4-12(5-7-13)17-14(18)15(8-9-15)10-16-3/h4-7,11,16H,8-10H2,1-3H3,(H,17,18). The lowest BCUT2D eigenvalue weighted by molar-refractivity contribution is -0.120. The van der Waals surface area contributed by atoms with Gasteiger partial charge < -0.3 is 15.4 Å². The molecule has 1 fully saturated rings. The molecule has 2 rings (SSSR count). The Hall–Kier alpha value is -1.55. The van der Waals surface area contributed by atoms with Gasteiger partial charge in [0, 0.05) is 12.2 Å². The summed E-state index contributed by atoms with van der Waals surface area (Å²) in [6, 6.07) is 7.52. The maximum atomic E-state index is 12.2. The minimum Gasteiger partial charge on any atom is -0.491 e. The van der Waals surface area contributed by atoms with Crippen molar-refractivity contribution in [2.45, 2.75) is 32.8 Å². The van der Waals surface area contributed by atoms with E-state index in [0.717, 1.165) is 30.8 Å². The average molecular weight is 262 g/mol. The van der Waals surface area contributed by atoms with E-state index in [1.165, 1.54) is 0 Å². The second-order valence-electron chi connectivity index (χ2n) is 5.46. The van der Waals surface area contributed by atoms with E-state index in [4.69, 9.17) is 4.74 Å². The maximum absolute atomic E-state index is 12.2. The van der Waals surface area contributed by atoms with Crippen LogP contribution in [0.1, 0.15) is 26.7 Å². The van der Waals surface area contributed by atoms with Gasteiger partial charge in [0.2, 0.25) is 5.91 Å². The fraction of sp³-hybridized carbons (Fsp3) is 0.533. The first kappa shape index (κ1) is 13.9. The first-order valence-corrected chi connectivity index (χ1v) is 6.78. The number of anilines is 1. The Morgan fingerprint density at radius 1 is 1.32 bits per heavy atom. The molecule has 0 aromatic heterocycles. The minimum atomic E-state index is -0.193. The van der Waals surface area contributed by atoms with Crippen LogP contribution in [-0.4, -0.2) is 25.6 Å². The molecule has 1 aliphatic carbocycles. The van der Waals surface area contributed by atoms with Crippen molar-refractivity contribution >= 4 is 11.6 Å². The smallest absolute Gasteiger partial charge is 0.231 e. The van der Waals surface area contributed by atoms with Crippen molar-refractivity contribution in [3.63, 3.8) is 0 Å². The van der Waals surface area contributed by atoms with Crippen molar-refractivity contribution in [3.05, 3.63) is 24.3 Å². The van der Waals surface area contributed by atoms with E-state index in [9.17, 15) is 4.79 Å². The molecule has 0 bridgehead atoms. The highest BCUT2D eigenvalue weighted by Crippen LogP contribution is 2.45. The highest BCUT2D eigenvalue weighted by Gasteiger charge is 2.49. The molecule has 1 aliphatic rings. The number of amides is 1. The molecule has 1 saturated carbocycles. The van der Waals surface area contributed by atoms with Crippen LogP contribution in [0.15, 0.2) is 24.3 Å². The number of nitrogens with one attached hydrogen (secondary N) is 2. The summed E-state index contributed by atoms with van der Waals surface area (Å²) in [5.74, 6) is 0.934. The maximum Gasteiger partial charge on any atom is 0.231 e. The molecule has 4 nitrogen and oxygen atoms in total. The number of carbonyl (C=O) groups is 1. The minimum absolute atomic E-state index is 0.111. The number of carbonyl (C=O) groups excluding carboxylic acids is 1. The summed E-state index contributed by atoms with van der Waals surface area (Å²) < 4.78 is 5.57. The largest absolute Gasteiger partial charge is 0.491 e. The van der Waals surface area contributed by atoms with Crippen LogP contribution in [0, 0.1) is 5.41 Å². The van der Waals surface area contributed by atoms with E-state index in [1.54, 1.807) is 0 Å². The van der Waals surface area contributed by atoms with Crippen molar-refractivity contribution in [1.29, 1.82) is 0 Å². The molecule has 0 heterocycles. The van der Waals surface area contributed by atoms with Crippen LogP contribution in [0.3, 0.4) is 0 Å². The zero-order valence-corrected chi connectivity index (χ0v) is 11.8. The third-order valence-electron chi connectivity index (χ3n) is 3.33. The summed E-state index contributed by atoms with van der Waals surface area (Å²) in [6.07, 6.45) is 2.09. The van der Waals surface area contributed by atoms with Gasteiger partial charge in [0.15, 0.2) is 0 Å². The summed E-state index contributed by atoms with van der Waals surface area (Å²) in [6.45, 7) is 4.72. The van der Waals surface area contributed by atoms with Gasteiger partial charge in [-0.3, -0.25) is 4.79 Å². The Morgan fingerprint density at radius 2 is 1.95 bits per heavy atom. The van der Waals surface area contributed by atoms with E-state index in [1.807, 2.05) is 45.2 Å². The molecule has 0 radical (unpaired) electrons. The van der Waals surface area contributed by atoms with Gasteiger partial charge in [0.1, 0.15) is 5.75 Å². The van der Waals surface area contributed by atoms with Crippen molar-refractivity contribution < 1.29 is 9.53 Å². The summed E-state index contributed by atoms with van der Waals surface area (Å²) in [7, 11) is 1.88. The number of rotatable bonds is 6. The van der Waals surface area contributed by atoms with E-state index in [0.29, 0.717) is 0 Å². The molecule has 0 spiro atoms. The van der Waals surface area contributed by atoms with Crippen molar-refractivity contribution in [2.75, 3.05) is 18.9 Å². The Balaban J connectivity index is 1.94. The van der Waals surface area contributed by atoms with E-state index < -0.39 is 0 Å². The molecule has 104 valence electrons. The third-order valence-corrected chi connectivity index (χ3v) is 3.33. The number of hydrogen-bond donors (Lipinski definition) is 2. The predicted octanol–water partition coefficient (Wildman–Crippen LogP) is 2.41. The first-order valence-electron chi connectivity index (χ1n) is 6.78. The van der Waals surface area contributed by atoms with Crippen LogP contribution in [-0.2, 0) is 4.79 Å². The molecule has 0 saturated heterocycles. The Morgan fingerprint density at radius 3 is 2.42 bits per heavy atom. The quantitative estimate of drug-likeness (QED) is 0.827. The van der Waals surface area contributed by atoms with E-state index in [2.05, 4.69) is 10.6 Å². The van der Waals surface area contributed by atoms with Crippen LogP contribution in [0.5, 0.6) is 5.75 Å². The van der Waals surface area contributed by atoms with Crippen LogP contribution >= 0.6 is 0 Å². The molecule has 1 amide bonds. The number of ether oxygens (including phenoxy) is 1. The molecule has 4 heteroatoms. The fourth-order valence-corrected chi connectivity index (χ4v) is 2.13. The second kappa shape index (κ2) is 5.61. The average Bonchev–Trinajstić information content (AvgIpc) is 3.12. The highest BCUT2D eigenvalue weighted by molar-refractivity contribution is 5.97. The molecule has 0 aliphatic heterocycles. The molecule has 1 aromatic rings. The van der Waals surface area contributed by atoms with Crippen molar-refractivity contribution in [2.24, 2.45) is 5.41 Å². The topological polar surface area (TPSA) is 50.4 Å². The van der Waals surface area contributed by atoms with Crippen LogP contribution < -0.4 is 15.4 Å². The molecule has 19 heavy (non-hydrogen) atoms. The van der Waals surface area contributed by atoms with Crippen molar-refractivity contribution in [1.82, 2.24) is 5.32 Å². The SMILES string of the molecule is CNCC1(C(=O)Nc2ccc(OC(C)C)cc2)CC1. The summed E-state index contributed by atoms with van der Waals surface area (Å²) in [5.41, 5.74) is 0.630. The monoisotopic (exact) mass is 262 g/mol. The van der Waals surface area contributed by atoms with Crippen molar-refractivity contribution in [3.8, 4) is 5.75 Å². The van der Waals surface area contributed by atoms with Gasteiger partial charge in [-0.25, -0.2) is 0 Å². The van der Waals surface area contributed by atoms with Crippen LogP contribution in [0.2, 0.25) is 0 Å².